The van der Waals surface area contributed by atoms with Crippen LogP contribution in [0.4, 0.5) is 5.69 Å². The fraction of sp³-hybridized carbons (Fsp3) is 0.538. The minimum Gasteiger partial charge on any atom is -0.508 e. The van der Waals surface area contributed by atoms with E-state index in [-0.39, 0.29) is 5.75 Å². The number of nitrogens with zero attached hydrogens (tertiary/aromatic N) is 1. The van der Waals surface area contributed by atoms with E-state index in [1.54, 1.807) is 12.1 Å². The van der Waals surface area contributed by atoms with E-state index >= 15 is 0 Å². The van der Waals surface area contributed by atoms with Crippen molar-refractivity contribution in [3.8, 4) is 11.5 Å². The SMILES string of the molecule is CNc1cc(O)cc(OCCN2CCOCC2)c1. The van der Waals surface area contributed by atoms with Crippen LogP contribution in [0.3, 0.4) is 0 Å². The van der Waals surface area contributed by atoms with Crippen LogP contribution in [0, 0.1) is 0 Å². The Labute approximate surface area is 107 Å². The number of ether oxygens (including phenoxy) is 2. The molecule has 0 unspecified atom stereocenters. The van der Waals surface area contributed by atoms with Gasteiger partial charge in [-0.3, -0.25) is 4.90 Å². The Morgan fingerprint density at radius 2 is 2.11 bits per heavy atom. The molecule has 5 nitrogen and oxygen atoms in total. The number of anilines is 1. The van der Waals surface area contributed by atoms with Crippen LogP contribution < -0.4 is 10.1 Å². The van der Waals surface area contributed by atoms with Crippen LogP contribution in [0.2, 0.25) is 0 Å². The van der Waals surface area contributed by atoms with Crippen LogP contribution in [-0.4, -0.2) is 56.5 Å². The second-order valence-corrected chi connectivity index (χ2v) is 4.27. The lowest BCUT2D eigenvalue weighted by molar-refractivity contribution is 0.0322. The molecule has 1 heterocycles. The van der Waals surface area contributed by atoms with Gasteiger partial charge in [-0.15, -0.1) is 0 Å². The lowest BCUT2D eigenvalue weighted by atomic mass is 10.3. The lowest BCUT2D eigenvalue weighted by Gasteiger charge is -2.26. The summed E-state index contributed by atoms with van der Waals surface area (Å²) >= 11 is 0. The van der Waals surface area contributed by atoms with E-state index in [0.717, 1.165) is 38.5 Å². The van der Waals surface area contributed by atoms with Crippen LogP contribution in [0.15, 0.2) is 18.2 Å². The number of hydrogen-bond donors (Lipinski definition) is 2. The average molecular weight is 252 g/mol. The van der Waals surface area contributed by atoms with E-state index < -0.39 is 0 Å². The summed E-state index contributed by atoms with van der Waals surface area (Å²) in [7, 11) is 1.81. The van der Waals surface area contributed by atoms with Crippen LogP contribution in [0.25, 0.3) is 0 Å². The van der Waals surface area contributed by atoms with Gasteiger partial charge >= 0.3 is 0 Å². The average Bonchev–Trinajstić information content (AvgIpc) is 2.39. The highest BCUT2D eigenvalue weighted by Crippen LogP contribution is 2.24. The number of aromatic hydroxyl groups is 1. The molecule has 1 aromatic rings. The third kappa shape index (κ3) is 3.78. The number of phenolic OH excluding ortho intramolecular Hbond substituents is 1. The van der Waals surface area contributed by atoms with Gasteiger partial charge in [0.2, 0.25) is 0 Å². The van der Waals surface area contributed by atoms with Crippen LogP contribution in [0.5, 0.6) is 11.5 Å². The molecule has 0 aromatic heterocycles. The van der Waals surface area contributed by atoms with Gasteiger partial charge in [-0.2, -0.15) is 0 Å². The predicted octanol–water partition coefficient (Wildman–Crippen LogP) is 1.14. The van der Waals surface area contributed by atoms with E-state index in [1.165, 1.54) is 0 Å². The number of hydrogen-bond acceptors (Lipinski definition) is 5. The topological polar surface area (TPSA) is 54.0 Å². The molecule has 0 spiro atoms. The van der Waals surface area contributed by atoms with Gasteiger partial charge in [-0.1, -0.05) is 0 Å². The second-order valence-electron chi connectivity index (χ2n) is 4.27. The molecule has 1 aliphatic heterocycles. The van der Waals surface area contributed by atoms with Crippen molar-refractivity contribution in [2.24, 2.45) is 0 Å². The van der Waals surface area contributed by atoms with Gasteiger partial charge < -0.3 is 19.9 Å². The van der Waals surface area contributed by atoms with Crippen LogP contribution in [0.1, 0.15) is 0 Å². The Kier molecular flexibility index (Phi) is 4.66. The fourth-order valence-electron chi connectivity index (χ4n) is 1.93. The number of morpholine rings is 1. The maximum Gasteiger partial charge on any atom is 0.125 e. The highest BCUT2D eigenvalue weighted by Gasteiger charge is 2.09. The van der Waals surface area contributed by atoms with Gasteiger partial charge in [0.1, 0.15) is 18.1 Å². The predicted molar refractivity (Wildman–Crippen MR) is 70.4 cm³/mol. The first-order valence-corrected chi connectivity index (χ1v) is 6.22. The smallest absolute Gasteiger partial charge is 0.125 e. The Morgan fingerprint density at radius 1 is 1.33 bits per heavy atom. The summed E-state index contributed by atoms with van der Waals surface area (Å²) < 4.78 is 10.9. The van der Waals surface area contributed by atoms with Crippen molar-refractivity contribution in [3.05, 3.63) is 18.2 Å². The first-order valence-electron chi connectivity index (χ1n) is 6.22. The normalized spacial score (nSPS) is 16.5. The highest BCUT2D eigenvalue weighted by molar-refractivity contribution is 5.52. The molecule has 2 N–H and O–H groups in total. The Morgan fingerprint density at radius 3 is 2.83 bits per heavy atom. The van der Waals surface area contributed by atoms with Gasteiger partial charge in [-0.05, 0) is 0 Å². The molecule has 100 valence electrons. The molecular formula is C13H20N2O3. The summed E-state index contributed by atoms with van der Waals surface area (Å²) in [6.45, 7) is 5.03. The third-order valence-electron chi connectivity index (χ3n) is 2.96. The van der Waals surface area contributed by atoms with Crippen molar-refractivity contribution in [2.75, 3.05) is 51.8 Å². The quantitative estimate of drug-likeness (QED) is 0.823. The molecule has 1 aromatic carbocycles. The Balaban J connectivity index is 1.80. The number of benzene rings is 1. The van der Waals surface area contributed by atoms with E-state index in [9.17, 15) is 5.11 Å². The Bertz CT molecular complexity index is 378. The zero-order valence-electron chi connectivity index (χ0n) is 10.7. The summed E-state index contributed by atoms with van der Waals surface area (Å²) in [5.74, 6) is 0.899. The highest BCUT2D eigenvalue weighted by atomic mass is 16.5. The van der Waals surface area contributed by atoms with Gasteiger partial charge in [0.25, 0.3) is 0 Å². The maximum absolute atomic E-state index is 9.53. The van der Waals surface area contributed by atoms with Crippen molar-refractivity contribution in [1.82, 2.24) is 4.90 Å². The molecule has 0 saturated carbocycles. The molecule has 0 aliphatic carbocycles. The van der Waals surface area contributed by atoms with Gasteiger partial charge in [0.15, 0.2) is 0 Å². The van der Waals surface area contributed by atoms with Crippen LogP contribution >= 0.6 is 0 Å². The summed E-state index contributed by atoms with van der Waals surface area (Å²) in [4.78, 5) is 2.31. The molecule has 0 amide bonds. The van der Waals surface area contributed by atoms with Crippen molar-refractivity contribution < 1.29 is 14.6 Å². The van der Waals surface area contributed by atoms with Gasteiger partial charge in [0.05, 0.1) is 13.2 Å². The van der Waals surface area contributed by atoms with E-state index in [0.29, 0.717) is 12.4 Å². The maximum atomic E-state index is 9.53. The summed E-state index contributed by atoms with van der Waals surface area (Å²) in [5.41, 5.74) is 0.844. The summed E-state index contributed by atoms with van der Waals surface area (Å²) in [6.07, 6.45) is 0. The molecule has 0 atom stereocenters. The molecule has 0 radical (unpaired) electrons. The van der Waals surface area contributed by atoms with Gasteiger partial charge in [-0.25, -0.2) is 0 Å². The number of rotatable bonds is 5. The molecular weight excluding hydrogens is 232 g/mol. The standard InChI is InChI=1S/C13H20N2O3/c1-14-11-8-12(16)10-13(9-11)18-7-4-15-2-5-17-6-3-15/h8-10,14,16H,2-7H2,1H3. The third-order valence-corrected chi connectivity index (χ3v) is 2.96. The monoisotopic (exact) mass is 252 g/mol. The van der Waals surface area contributed by atoms with Crippen molar-refractivity contribution in [2.45, 2.75) is 0 Å². The molecule has 0 bridgehead atoms. The van der Waals surface area contributed by atoms with Crippen molar-refractivity contribution in [1.29, 1.82) is 0 Å². The van der Waals surface area contributed by atoms with E-state index in [1.807, 2.05) is 13.1 Å². The zero-order chi connectivity index (χ0) is 12.8. The van der Waals surface area contributed by atoms with E-state index in [4.69, 9.17) is 9.47 Å². The van der Waals surface area contributed by atoms with Crippen LogP contribution in [-0.2, 0) is 4.74 Å². The number of nitrogens with one attached hydrogen (secondary N) is 1. The van der Waals surface area contributed by atoms with E-state index in [2.05, 4.69) is 10.2 Å². The molecule has 1 aliphatic rings. The zero-order valence-corrected chi connectivity index (χ0v) is 10.7. The largest absolute Gasteiger partial charge is 0.508 e. The minimum atomic E-state index is 0.211. The van der Waals surface area contributed by atoms with Crippen molar-refractivity contribution >= 4 is 5.69 Å². The van der Waals surface area contributed by atoms with Gasteiger partial charge in [0, 0.05) is 50.6 Å². The number of phenols is 1. The molecule has 2 rings (SSSR count). The molecule has 18 heavy (non-hydrogen) atoms. The molecule has 5 heteroatoms. The Hall–Kier alpha value is -1.46. The fourth-order valence-corrected chi connectivity index (χ4v) is 1.93. The first-order chi connectivity index (χ1) is 8.78. The van der Waals surface area contributed by atoms with Crippen molar-refractivity contribution in [3.63, 3.8) is 0 Å². The summed E-state index contributed by atoms with van der Waals surface area (Å²) in [5, 5.41) is 12.5. The molecule has 1 saturated heterocycles. The second kappa shape index (κ2) is 6.47. The lowest BCUT2D eigenvalue weighted by Crippen LogP contribution is -2.38. The molecule has 1 fully saturated rings. The first kappa shape index (κ1) is 13.0. The minimum absolute atomic E-state index is 0.211. The summed E-state index contributed by atoms with van der Waals surface area (Å²) in [6, 6.07) is 5.16.